The second-order valence-electron chi connectivity index (χ2n) is 7.78. The van der Waals surface area contributed by atoms with Gasteiger partial charge in [-0.05, 0) is 48.4 Å². The maximum absolute atomic E-state index is 12.8. The summed E-state index contributed by atoms with van der Waals surface area (Å²) < 4.78 is 12.2. The number of nitrogens with zero attached hydrogens (tertiary/aromatic N) is 3. The van der Waals surface area contributed by atoms with E-state index in [0.29, 0.717) is 31.0 Å². The predicted molar refractivity (Wildman–Crippen MR) is 120 cm³/mol. The number of hydrogen-bond donors (Lipinski definition) is 1. The number of amides is 2. The molecule has 1 atom stereocenters. The number of carbonyl (C=O) groups excluding carboxylic acids is 2. The quantitative estimate of drug-likeness (QED) is 0.618. The molecule has 0 bridgehead atoms. The van der Waals surface area contributed by atoms with E-state index in [1.807, 2.05) is 36.4 Å². The van der Waals surface area contributed by atoms with Crippen molar-refractivity contribution in [2.75, 3.05) is 32.7 Å². The Morgan fingerprint density at radius 1 is 1.25 bits per heavy atom. The molecule has 32 heavy (non-hydrogen) atoms. The van der Waals surface area contributed by atoms with Gasteiger partial charge in [0.1, 0.15) is 5.75 Å². The van der Waals surface area contributed by atoms with Crippen LogP contribution in [0.2, 0.25) is 0 Å². The fourth-order valence-corrected chi connectivity index (χ4v) is 3.61. The highest BCUT2D eigenvalue weighted by Gasteiger charge is 2.23. The summed E-state index contributed by atoms with van der Waals surface area (Å²) in [6.45, 7) is 1.56. The van der Waals surface area contributed by atoms with E-state index in [2.05, 4.69) is 10.4 Å². The van der Waals surface area contributed by atoms with Gasteiger partial charge in [-0.25, -0.2) is 4.68 Å². The fourth-order valence-electron chi connectivity index (χ4n) is 3.61. The SMILES string of the molecule is COc1cccc(CN(C)C(=O)c2ccc(-n3cc(NC(=O)C4CCOC4)cn3)cc2)c1. The van der Waals surface area contributed by atoms with Crippen LogP contribution in [0.3, 0.4) is 0 Å². The monoisotopic (exact) mass is 434 g/mol. The van der Waals surface area contributed by atoms with Crippen molar-refractivity contribution in [3.63, 3.8) is 0 Å². The third kappa shape index (κ3) is 4.97. The Morgan fingerprint density at radius 2 is 2.06 bits per heavy atom. The van der Waals surface area contributed by atoms with Crippen LogP contribution < -0.4 is 10.1 Å². The largest absolute Gasteiger partial charge is 0.497 e. The second kappa shape index (κ2) is 9.65. The van der Waals surface area contributed by atoms with Crippen LogP contribution in [0.15, 0.2) is 60.9 Å². The third-order valence-corrected chi connectivity index (χ3v) is 5.43. The highest BCUT2D eigenvalue weighted by molar-refractivity contribution is 5.94. The number of benzene rings is 2. The highest BCUT2D eigenvalue weighted by Crippen LogP contribution is 2.18. The van der Waals surface area contributed by atoms with Crippen LogP contribution in [0.4, 0.5) is 5.69 Å². The molecule has 3 aromatic rings. The van der Waals surface area contributed by atoms with E-state index in [9.17, 15) is 9.59 Å². The van der Waals surface area contributed by atoms with Gasteiger partial charge in [-0.15, -0.1) is 0 Å². The highest BCUT2D eigenvalue weighted by atomic mass is 16.5. The normalized spacial score (nSPS) is 15.4. The van der Waals surface area contributed by atoms with E-state index in [4.69, 9.17) is 9.47 Å². The van der Waals surface area contributed by atoms with E-state index < -0.39 is 0 Å². The maximum atomic E-state index is 12.8. The lowest BCUT2D eigenvalue weighted by Gasteiger charge is -2.18. The molecule has 0 saturated carbocycles. The third-order valence-electron chi connectivity index (χ3n) is 5.43. The van der Waals surface area contributed by atoms with Crippen LogP contribution in [0.5, 0.6) is 5.75 Å². The van der Waals surface area contributed by atoms with Crippen molar-refractivity contribution in [2.24, 2.45) is 5.92 Å². The van der Waals surface area contributed by atoms with E-state index in [-0.39, 0.29) is 17.7 Å². The number of methoxy groups -OCH3 is 1. The van der Waals surface area contributed by atoms with Gasteiger partial charge in [-0.1, -0.05) is 12.1 Å². The summed E-state index contributed by atoms with van der Waals surface area (Å²) >= 11 is 0. The summed E-state index contributed by atoms with van der Waals surface area (Å²) in [5, 5.41) is 7.19. The van der Waals surface area contributed by atoms with E-state index in [1.54, 1.807) is 48.3 Å². The molecule has 1 fully saturated rings. The number of rotatable bonds is 7. The molecule has 8 heteroatoms. The van der Waals surface area contributed by atoms with Crippen molar-refractivity contribution in [2.45, 2.75) is 13.0 Å². The molecule has 0 spiro atoms. The number of aromatic nitrogens is 2. The molecule has 4 rings (SSSR count). The van der Waals surface area contributed by atoms with Crippen LogP contribution in [0.25, 0.3) is 5.69 Å². The number of anilines is 1. The van der Waals surface area contributed by atoms with Crippen LogP contribution in [-0.2, 0) is 16.1 Å². The van der Waals surface area contributed by atoms with Gasteiger partial charge in [0, 0.05) is 25.8 Å². The first-order valence-electron chi connectivity index (χ1n) is 10.5. The lowest BCUT2D eigenvalue weighted by molar-refractivity contribution is -0.119. The summed E-state index contributed by atoms with van der Waals surface area (Å²) in [5.74, 6) is 0.519. The number of carbonyl (C=O) groups is 2. The smallest absolute Gasteiger partial charge is 0.253 e. The number of ether oxygens (including phenoxy) is 2. The molecule has 0 radical (unpaired) electrons. The number of hydrogen-bond acceptors (Lipinski definition) is 5. The molecular formula is C24H26N4O4. The molecule has 2 heterocycles. The fraction of sp³-hybridized carbons (Fsp3) is 0.292. The molecule has 1 aliphatic heterocycles. The van der Waals surface area contributed by atoms with Gasteiger partial charge >= 0.3 is 0 Å². The van der Waals surface area contributed by atoms with Crippen molar-refractivity contribution < 1.29 is 19.1 Å². The molecule has 1 aliphatic rings. The Morgan fingerprint density at radius 3 is 2.78 bits per heavy atom. The Bertz CT molecular complexity index is 1090. The van der Waals surface area contributed by atoms with Gasteiger partial charge in [0.2, 0.25) is 5.91 Å². The zero-order chi connectivity index (χ0) is 22.5. The summed E-state index contributed by atoms with van der Waals surface area (Å²) in [7, 11) is 3.39. The van der Waals surface area contributed by atoms with Crippen LogP contribution >= 0.6 is 0 Å². The predicted octanol–water partition coefficient (Wildman–Crippen LogP) is 3.13. The van der Waals surface area contributed by atoms with Gasteiger partial charge in [0.05, 0.1) is 43.4 Å². The van der Waals surface area contributed by atoms with Crippen molar-refractivity contribution in [1.82, 2.24) is 14.7 Å². The minimum atomic E-state index is -0.113. The van der Waals surface area contributed by atoms with Crippen molar-refractivity contribution >= 4 is 17.5 Å². The summed E-state index contributed by atoms with van der Waals surface area (Å²) in [5.41, 5.74) is 3.00. The Balaban J connectivity index is 1.38. The van der Waals surface area contributed by atoms with Crippen LogP contribution in [-0.4, -0.2) is 53.9 Å². The molecule has 2 amide bonds. The summed E-state index contributed by atoms with van der Waals surface area (Å²) in [6.07, 6.45) is 4.09. The Kier molecular flexibility index (Phi) is 6.51. The first-order valence-corrected chi connectivity index (χ1v) is 10.5. The molecule has 1 aromatic heterocycles. The summed E-state index contributed by atoms with van der Waals surface area (Å²) in [6, 6.07) is 14.9. The van der Waals surface area contributed by atoms with Gasteiger partial charge in [0.15, 0.2) is 0 Å². The van der Waals surface area contributed by atoms with Gasteiger partial charge in [-0.2, -0.15) is 5.10 Å². The Hall–Kier alpha value is -3.65. The van der Waals surface area contributed by atoms with Crippen LogP contribution in [0, 0.1) is 5.92 Å². The van der Waals surface area contributed by atoms with Gasteiger partial charge in [0.25, 0.3) is 5.91 Å². The average molecular weight is 434 g/mol. The lowest BCUT2D eigenvalue weighted by Crippen LogP contribution is -2.26. The topological polar surface area (TPSA) is 85.7 Å². The minimum absolute atomic E-state index is 0.0536. The number of nitrogens with one attached hydrogen (secondary N) is 1. The van der Waals surface area contributed by atoms with Gasteiger partial charge in [-0.3, -0.25) is 9.59 Å². The molecule has 1 unspecified atom stereocenters. The van der Waals surface area contributed by atoms with E-state index >= 15 is 0 Å². The minimum Gasteiger partial charge on any atom is -0.497 e. The average Bonchev–Trinajstić information content (AvgIpc) is 3.51. The van der Waals surface area contributed by atoms with E-state index in [0.717, 1.165) is 23.4 Å². The Labute approximate surface area is 186 Å². The van der Waals surface area contributed by atoms with Crippen molar-refractivity contribution in [3.8, 4) is 11.4 Å². The van der Waals surface area contributed by atoms with Crippen molar-refractivity contribution in [3.05, 3.63) is 72.1 Å². The zero-order valence-corrected chi connectivity index (χ0v) is 18.2. The first kappa shape index (κ1) is 21.6. The van der Waals surface area contributed by atoms with Crippen molar-refractivity contribution in [1.29, 1.82) is 0 Å². The van der Waals surface area contributed by atoms with E-state index in [1.165, 1.54) is 0 Å². The molecular weight excluding hydrogens is 408 g/mol. The maximum Gasteiger partial charge on any atom is 0.253 e. The zero-order valence-electron chi connectivity index (χ0n) is 18.2. The molecule has 1 N–H and O–H groups in total. The van der Waals surface area contributed by atoms with Gasteiger partial charge < -0.3 is 19.7 Å². The lowest BCUT2D eigenvalue weighted by atomic mass is 10.1. The molecule has 2 aromatic carbocycles. The van der Waals surface area contributed by atoms with Crippen LogP contribution in [0.1, 0.15) is 22.3 Å². The first-order chi connectivity index (χ1) is 15.5. The molecule has 0 aliphatic carbocycles. The second-order valence-corrected chi connectivity index (χ2v) is 7.78. The molecule has 8 nitrogen and oxygen atoms in total. The molecule has 1 saturated heterocycles. The standard InChI is InChI=1S/C24H26N4O4/c1-27(14-17-4-3-5-22(12-17)31-2)24(30)18-6-8-21(9-7-18)28-15-20(13-25-28)26-23(29)19-10-11-32-16-19/h3-9,12-13,15,19H,10-11,14,16H2,1-2H3,(H,26,29). The summed E-state index contributed by atoms with van der Waals surface area (Å²) in [4.78, 5) is 26.7. The molecule has 166 valence electrons.